The minimum Gasteiger partial charge on any atom is -0.267 e. The molecule has 0 radical (unpaired) electrons. The molecule has 0 saturated carbocycles. The Labute approximate surface area is 178 Å². The third-order valence-corrected chi connectivity index (χ3v) is 6.31. The van der Waals surface area contributed by atoms with Crippen LogP contribution in [0.3, 0.4) is 0 Å². The minimum atomic E-state index is -0.0384. The molecule has 4 aromatic rings. The van der Waals surface area contributed by atoms with Gasteiger partial charge in [0.15, 0.2) is 0 Å². The Balaban J connectivity index is 0.00000205. The zero-order chi connectivity index (χ0) is 18.9. The highest BCUT2D eigenvalue weighted by atomic mass is 35.5. The van der Waals surface area contributed by atoms with Crippen LogP contribution in [0, 0.1) is 0 Å². The molecule has 0 saturated heterocycles. The molecule has 0 aliphatic heterocycles. The average molecular weight is 425 g/mol. The van der Waals surface area contributed by atoms with Crippen molar-refractivity contribution in [1.29, 1.82) is 0 Å². The van der Waals surface area contributed by atoms with Gasteiger partial charge in [-0.25, -0.2) is 4.68 Å². The SMILES string of the molecule is Cl.O=c1c2c(-c3ccncc3)csc2cnn1CCc1ccc2c(n1)CCCC2. The molecule has 7 heteroatoms. The Bertz CT molecular complexity index is 1200. The number of aromatic nitrogens is 4. The monoisotopic (exact) mass is 424 g/mol. The average Bonchev–Trinajstić information content (AvgIpc) is 3.19. The first kappa shape index (κ1) is 19.7. The lowest BCUT2D eigenvalue weighted by atomic mass is 9.96. The summed E-state index contributed by atoms with van der Waals surface area (Å²) in [5.41, 5.74) is 5.57. The van der Waals surface area contributed by atoms with Crippen LogP contribution in [0.4, 0.5) is 0 Å². The van der Waals surface area contributed by atoms with E-state index in [-0.39, 0.29) is 18.0 Å². The summed E-state index contributed by atoms with van der Waals surface area (Å²) in [4.78, 5) is 22.0. The van der Waals surface area contributed by atoms with E-state index < -0.39 is 0 Å². The predicted molar refractivity (Wildman–Crippen MR) is 119 cm³/mol. The Hall–Kier alpha value is -2.57. The van der Waals surface area contributed by atoms with E-state index in [0.29, 0.717) is 13.0 Å². The lowest BCUT2D eigenvalue weighted by molar-refractivity contribution is 0.576. The Morgan fingerprint density at radius 3 is 2.76 bits per heavy atom. The minimum absolute atomic E-state index is 0. The lowest BCUT2D eigenvalue weighted by Crippen LogP contribution is -2.24. The molecule has 4 heterocycles. The van der Waals surface area contributed by atoms with Gasteiger partial charge in [-0.1, -0.05) is 6.07 Å². The van der Waals surface area contributed by atoms with E-state index >= 15 is 0 Å². The second kappa shape index (κ2) is 8.43. The molecule has 1 aliphatic carbocycles. The fraction of sp³-hybridized carbons (Fsp3) is 0.273. The largest absolute Gasteiger partial charge is 0.276 e. The van der Waals surface area contributed by atoms with Crippen LogP contribution in [0.2, 0.25) is 0 Å². The highest BCUT2D eigenvalue weighted by Gasteiger charge is 2.14. The van der Waals surface area contributed by atoms with Crippen LogP contribution in [0.25, 0.3) is 21.2 Å². The maximum atomic E-state index is 13.1. The van der Waals surface area contributed by atoms with E-state index in [2.05, 4.69) is 22.2 Å². The second-order valence-electron chi connectivity index (χ2n) is 7.16. The van der Waals surface area contributed by atoms with Crippen molar-refractivity contribution in [3.8, 4) is 11.1 Å². The third-order valence-electron chi connectivity index (χ3n) is 5.39. The smallest absolute Gasteiger partial charge is 0.267 e. The van der Waals surface area contributed by atoms with Gasteiger partial charge in [-0.2, -0.15) is 5.10 Å². The first-order chi connectivity index (χ1) is 13.8. The molecule has 5 nitrogen and oxygen atoms in total. The molecule has 0 amide bonds. The number of pyridine rings is 2. The van der Waals surface area contributed by atoms with Gasteiger partial charge in [0.2, 0.25) is 0 Å². The zero-order valence-electron chi connectivity index (χ0n) is 15.9. The molecule has 1 aliphatic rings. The molecule has 0 fully saturated rings. The van der Waals surface area contributed by atoms with Crippen LogP contribution in [0.1, 0.15) is 29.8 Å². The van der Waals surface area contributed by atoms with Gasteiger partial charge in [-0.15, -0.1) is 23.7 Å². The summed E-state index contributed by atoms with van der Waals surface area (Å²) in [6, 6.07) is 8.17. The van der Waals surface area contributed by atoms with Crippen molar-refractivity contribution in [2.75, 3.05) is 0 Å². The topological polar surface area (TPSA) is 60.7 Å². The van der Waals surface area contributed by atoms with Crippen LogP contribution in [0.15, 0.2) is 53.0 Å². The third kappa shape index (κ3) is 3.82. The Morgan fingerprint density at radius 2 is 1.90 bits per heavy atom. The molecule has 5 rings (SSSR count). The van der Waals surface area contributed by atoms with Crippen LogP contribution in [0.5, 0.6) is 0 Å². The van der Waals surface area contributed by atoms with E-state index in [1.807, 2.05) is 17.5 Å². The highest BCUT2D eigenvalue weighted by molar-refractivity contribution is 7.17. The van der Waals surface area contributed by atoms with Gasteiger partial charge in [-0.3, -0.25) is 14.8 Å². The molecule has 4 aromatic heterocycles. The molecule has 0 aromatic carbocycles. The molecule has 0 bridgehead atoms. The maximum absolute atomic E-state index is 13.1. The number of fused-ring (bicyclic) bond motifs is 2. The van der Waals surface area contributed by atoms with Gasteiger partial charge in [0, 0.05) is 41.1 Å². The van der Waals surface area contributed by atoms with Crippen molar-refractivity contribution in [1.82, 2.24) is 19.7 Å². The van der Waals surface area contributed by atoms with Gasteiger partial charge in [0.05, 0.1) is 22.8 Å². The fourth-order valence-electron chi connectivity index (χ4n) is 3.88. The molecular weight excluding hydrogens is 404 g/mol. The van der Waals surface area contributed by atoms with Gasteiger partial charge < -0.3 is 0 Å². The summed E-state index contributed by atoms with van der Waals surface area (Å²) in [5, 5.41) is 7.16. The quantitative estimate of drug-likeness (QED) is 0.485. The summed E-state index contributed by atoms with van der Waals surface area (Å²) in [7, 11) is 0. The number of hydrogen-bond donors (Lipinski definition) is 0. The lowest BCUT2D eigenvalue weighted by Gasteiger charge is -2.15. The van der Waals surface area contributed by atoms with Gasteiger partial charge >= 0.3 is 0 Å². The van der Waals surface area contributed by atoms with Crippen molar-refractivity contribution in [2.24, 2.45) is 0 Å². The van der Waals surface area contributed by atoms with Crippen molar-refractivity contribution >= 4 is 33.8 Å². The van der Waals surface area contributed by atoms with Crippen molar-refractivity contribution in [2.45, 2.75) is 38.6 Å². The Kier molecular flexibility index (Phi) is 5.74. The molecule has 0 unspecified atom stereocenters. The number of rotatable bonds is 4. The van der Waals surface area contributed by atoms with Crippen molar-refractivity contribution in [3.63, 3.8) is 0 Å². The molecule has 0 spiro atoms. The van der Waals surface area contributed by atoms with Gasteiger partial charge in [0.1, 0.15) is 0 Å². The number of halogens is 1. The van der Waals surface area contributed by atoms with E-state index in [9.17, 15) is 4.79 Å². The number of aryl methyl sites for hydroxylation is 4. The summed E-state index contributed by atoms with van der Waals surface area (Å²) in [5.74, 6) is 0. The molecular formula is C22H21ClN4OS. The van der Waals surface area contributed by atoms with Crippen LogP contribution in [-0.4, -0.2) is 19.7 Å². The normalized spacial score (nSPS) is 13.1. The molecule has 29 heavy (non-hydrogen) atoms. The van der Waals surface area contributed by atoms with Crippen molar-refractivity contribution < 1.29 is 0 Å². The van der Waals surface area contributed by atoms with Crippen LogP contribution in [-0.2, 0) is 25.8 Å². The predicted octanol–water partition coefficient (Wildman–Crippen LogP) is 4.46. The van der Waals surface area contributed by atoms with E-state index in [1.54, 1.807) is 34.6 Å². The maximum Gasteiger partial charge on any atom is 0.276 e. The fourth-order valence-corrected chi connectivity index (χ4v) is 4.80. The zero-order valence-corrected chi connectivity index (χ0v) is 17.5. The summed E-state index contributed by atoms with van der Waals surface area (Å²) >= 11 is 1.55. The summed E-state index contributed by atoms with van der Waals surface area (Å²) < 4.78 is 2.49. The van der Waals surface area contributed by atoms with E-state index in [4.69, 9.17) is 4.98 Å². The summed E-state index contributed by atoms with van der Waals surface area (Å²) in [6.45, 7) is 0.534. The molecule has 0 N–H and O–H groups in total. The van der Waals surface area contributed by atoms with E-state index in [0.717, 1.165) is 39.7 Å². The first-order valence-electron chi connectivity index (χ1n) is 9.65. The Morgan fingerprint density at radius 1 is 1.07 bits per heavy atom. The molecule has 148 valence electrons. The van der Waals surface area contributed by atoms with E-state index in [1.165, 1.54) is 24.1 Å². The first-order valence-corrected chi connectivity index (χ1v) is 10.5. The van der Waals surface area contributed by atoms with Gasteiger partial charge in [-0.05, 0) is 55.0 Å². The standard InChI is InChI=1S/C22H20N4OS.ClH/c27-22-21-18(15-7-10-23-11-8-15)14-28-20(21)13-24-26(22)12-9-17-6-5-16-3-1-2-4-19(16)25-17;/h5-8,10-11,13-14H,1-4,9,12H2;1H. The summed E-state index contributed by atoms with van der Waals surface area (Å²) in [6.07, 6.45) is 10.7. The second-order valence-corrected chi connectivity index (χ2v) is 8.07. The number of thiophene rings is 1. The number of nitrogens with zero attached hydrogens (tertiary/aromatic N) is 4. The molecule has 0 atom stereocenters. The van der Waals surface area contributed by atoms with Gasteiger partial charge in [0.25, 0.3) is 5.56 Å². The van der Waals surface area contributed by atoms with Crippen LogP contribution < -0.4 is 5.56 Å². The van der Waals surface area contributed by atoms with Crippen LogP contribution >= 0.6 is 23.7 Å². The highest BCUT2D eigenvalue weighted by Crippen LogP contribution is 2.30. The number of hydrogen-bond acceptors (Lipinski definition) is 5. The van der Waals surface area contributed by atoms with Crippen molar-refractivity contribution in [3.05, 3.63) is 75.5 Å².